The molecule has 5 atom stereocenters. The zero-order valence-electron chi connectivity index (χ0n) is 20.3. The Hall–Kier alpha value is -3.93. The maximum Gasteiger partial charge on any atom is 0.336 e. The maximum atomic E-state index is 11.9. The number of hydrogen-bond acceptors (Lipinski definition) is 12. The molecule has 12 heteroatoms. The molecule has 0 saturated carbocycles. The van der Waals surface area contributed by atoms with Gasteiger partial charge in [0.15, 0.2) is 12.2 Å². The molecule has 2 aromatic rings. The SMILES string of the molecule is CC(=O)OC[C@H]1O[C@H](Oc2ccc3c(C)cc(=O)oc3c2)[C@H](OC(C)=O)[C@@H](OC(C)=O)[C@H]1OC(C)=O. The highest BCUT2D eigenvalue weighted by Gasteiger charge is 2.53. The van der Waals surface area contributed by atoms with E-state index < -0.39 is 60.2 Å². The van der Waals surface area contributed by atoms with E-state index in [1.165, 1.54) is 19.1 Å². The molecule has 0 bridgehead atoms. The molecule has 1 aliphatic rings. The lowest BCUT2D eigenvalue weighted by Crippen LogP contribution is -2.63. The van der Waals surface area contributed by atoms with Crippen LogP contribution in [0.3, 0.4) is 0 Å². The Morgan fingerprint density at radius 1 is 0.833 bits per heavy atom. The number of rotatable bonds is 7. The third-order valence-corrected chi connectivity index (χ3v) is 5.12. The van der Waals surface area contributed by atoms with Crippen LogP contribution >= 0.6 is 0 Å². The van der Waals surface area contributed by atoms with Crippen LogP contribution in [0.4, 0.5) is 0 Å². The highest BCUT2D eigenvalue weighted by atomic mass is 16.7. The van der Waals surface area contributed by atoms with Crippen LogP contribution < -0.4 is 10.4 Å². The van der Waals surface area contributed by atoms with Crippen LogP contribution in [0.1, 0.15) is 33.3 Å². The van der Waals surface area contributed by atoms with Crippen molar-refractivity contribution in [2.45, 2.75) is 65.3 Å². The molecule has 0 spiro atoms. The number of esters is 4. The van der Waals surface area contributed by atoms with Crippen molar-refractivity contribution in [3.8, 4) is 5.75 Å². The Kier molecular flexibility index (Phi) is 8.30. The van der Waals surface area contributed by atoms with Crippen LogP contribution in [0.15, 0.2) is 33.5 Å². The van der Waals surface area contributed by atoms with Crippen molar-refractivity contribution in [2.24, 2.45) is 0 Å². The van der Waals surface area contributed by atoms with E-state index in [9.17, 15) is 24.0 Å². The first-order chi connectivity index (χ1) is 16.9. The standard InChI is InChI=1S/C24H26O12/c1-11-8-20(29)35-18-9-16(6-7-17(11)18)34-24-23(33-15(5)28)22(32-14(4)27)21(31-13(3)26)19(36-24)10-30-12(2)25/h6-9,19,21-24H,10H2,1-5H3/t19-,21+,22+,23-,24+/m1/s1. The van der Waals surface area contributed by atoms with Gasteiger partial charge in [-0.3, -0.25) is 19.2 Å². The molecule has 36 heavy (non-hydrogen) atoms. The monoisotopic (exact) mass is 506 g/mol. The van der Waals surface area contributed by atoms with Crippen molar-refractivity contribution in [3.05, 3.63) is 40.2 Å². The highest BCUT2D eigenvalue weighted by Crippen LogP contribution is 2.32. The Balaban J connectivity index is 2.02. The number of carbonyl (C=O) groups excluding carboxylic acids is 4. The van der Waals surface area contributed by atoms with Crippen LogP contribution in [0.2, 0.25) is 0 Å². The maximum absolute atomic E-state index is 11.9. The van der Waals surface area contributed by atoms with Gasteiger partial charge in [0.05, 0.1) is 0 Å². The summed E-state index contributed by atoms with van der Waals surface area (Å²) in [4.78, 5) is 58.9. The summed E-state index contributed by atoms with van der Waals surface area (Å²) >= 11 is 0. The third-order valence-electron chi connectivity index (χ3n) is 5.12. The van der Waals surface area contributed by atoms with E-state index >= 15 is 0 Å². The lowest BCUT2D eigenvalue weighted by atomic mass is 9.98. The van der Waals surface area contributed by atoms with E-state index in [-0.39, 0.29) is 17.9 Å². The van der Waals surface area contributed by atoms with E-state index in [2.05, 4.69) is 0 Å². The number of carbonyl (C=O) groups is 4. The second kappa shape index (κ2) is 11.2. The third kappa shape index (κ3) is 6.60. The first-order valence-electron chi connectivity index (χ1n) is 11.0. The Labute approximate surface area is 205 Å². The number of fused-ring (bicyclic) bond motifs is 1. The molecule has 0 radical (unpaired) electrons. The molecule has 3 rings (SSSR count). The number of benzene rings is 1. The van der Waals surface area contributed by atoms with Gasteiger partial charge in [-0.05, 0) is 24.6 Å². The van der Waals surface area contributed by atoms with E-state index in [1.807, 2.05) is 0 Å². The number of hydrogen-bond donors (Lipinski definition) is 0. The molecule has 194 valence electrons. The quantitative estimate of drug-likeness (QED) is 0.304. The second-order valence-electron chi connectivity index (χ2n) is 8.09. The average molecular weight is 506 g/mol. The summed E-state index contributed by atoms with van der Waals surface area (Å²) in [5.74, 6) is -2.73. The molecular weight excluding hydrogens is 480 g/mol. The summed E-state index contributed by atoms with van der Waals surface area (Å²) in [6.07, 6.45) is -6.61. The first-order valence-corrected chi connectivity index (χ1v) is 11.0. The molecular formula is C24H26O12. The van der Waals surface area contributed by atoms with Gasteiger partial charge in [0, 0.05) is 45.2 Å². The Morgan fingerprint density at radius 3 is 2.06 bits per heavy atom. The fraction of sp³-hybridized carbons (Fsp3) is 0.458. The smallest absolute Gasteiger partial charge is 0.336 e. The fourth-order valence-corrected chi connectivity index (χ4v) is 3.80. The van der Waals surface area contributed by atoms with Crippen molar-refractivity contribution in [2.75, 3.05) is 6.61 Å². The molecule has 1 aliphatic heterocycles. The van der Waals surface area contributed by atoms with Crippen LogP contribution in [-0.2, 0) is 42.9 Å². The summed E-state index contributed by atoms with van der Waals surface area (Å²) < 4.78 is 38.2. The van der Waals surface area contributed by atoms with E-state index in [1.54, 1.807) is 19.1 Å². The molecule has 12 nitrogen and oxygen atoms in total. The van der Waals surface area contributed by atoms with E-state index in [0.29, 0.717) is 10.9 Å². The van der Waals surface area contributed by atoms with Crippen molar-refractivity contribution >= 4 is 34.8 Å². The average Bonchev–Trinajstić information content (AvgIpc) is 2.75. The normalized spacial score (nSPS) is 23.4. The second-order valence-corrected chi connectivity index (χ2v) is 8.09. The zero-order chi connectivity index (χ0) is 26.6. The lowest BCUT2D eigenvalue weighted by molar-refractivity contribution is -0.288. The summed E-state index contributed by atoms with van der Waals surface area (Å²) in [6.45, 7) is 5.91. The fourth-order valence-electron chi connectivity index (χ4n) is 3.80. The van der Waals surface area contributed by atoms with Crippen molar-refractivity contribution < 1.29 is 52.0 Å². The van der Waals surface area contributed by atoms with Gasteiger partial charge in [-0.1, -0.05) is 0 Å². The van der Waals surface area contributed by atoms with Gasteiger partial charge in [-0.2, -0.15) is 0 Å². The van der Waals surface area contributed by atoms with Crippen LogP contribution in [0, 0.1) is 6.92 Å². The first kappa shape index (κ1) is 26.7. The Morgan fingerprint density at radius 2 is 1.44 bits per heavy atom. The van der Waals surface area contributed by atoms with Crippen LogP contribution in [0.25, 0.3) is 11.0 Å². The molecule has 0 aliphatic carbocycles. The van der Waals surface area contributed by atoms with Gasteiger partial charge in [0.1, 0.15) is 24.0 Å². The van der Waals surface area contributed by atoms with Crippen molar-refractivity contribution in [1.82, 2.24) is 0 Å². The zero-order valence-corrected chi connectivity index (χ0v) is 20.3. The number of aryl methyl sites for hydroxylation is 1. The summed E-state index contributed by atoms with van der Waals surface area (Å²) in [5.41, 5.74) is 0.382. The van der Waals surface area contributed by atoms with Crippen LogP contribution in [0.5, 0.6) is 5.75 Å². The van der Waals surface area contributed by atoms with Gasteiger partial charge < -0.3 is 32.8 Å². The van der Waals surface area contributed by atoms with Crippen molar-refractivity contribution in [1.29, 1.82) is 0 Å². The van der Waals surface area contributed by atoms with Gasteiger partial charge >= 0.3 is 29.5 Å². The molecule has 0 amide bonds. The predicted molar refractivity (Wildman–Crippen MR) is 120 cm³/mol. The minimum Gasteiger partial charge on any atom is -0.463 e. The summed E-state index contributed by atoms with van der Waals surface area (Å²) in [6, 6.07) is 6.03. The molecule has 1 saturated heterocycles. The molecule has 2 heterocycles. The summed E-state index contributed by atoms with van der Waals surface area (Å²) in [5, 5.41) is 0.670. The molecule has 0 N–H and O–H groups in total. The van der Waals surface area contributed by atoms with Gasteiger partial charge in [-0.25, -0.2) is 4.79 Å². The highest BCUT2D eigenvalue weighted by molar-refractivity contribution is 5.81. The van der Waals surface area contributed by atoms with Crippen LogP contribution in [-0.4, -0.2) is 61.2 Å². The van der Waals surface area contributed by atoms with E-state index in [0.717, 1.165) is 20.8 Å². The van der Waals surface area contributed by atoms with Gasteiger partial charge in [0.2, 0.25) is 12.4 Å². The predicted octanol–water partition coefficient (Wildman–Crippen LogP) is 1.56. The molecule has 0 unspecified atom stereocenters. The van der Waals surface area contributed by atoms with E-state index in [4.69, 9.17) is 32.8 Å². The minimum absolute atomic E-state index is 0.164. The largest absolute Gasteiger partial charge is 0.463 e. The minimum atomic E-state index is -1.40. The molecule has 1 fully saturated rings. The molecule has 1 aromatic carbocycles. The topological polar surface area (TPSA) is 154 Å². The van der Waals surface area contributed by atoms with Gasteiger partial charge in [-0.15, -0.1) is 0 Å². The Bertz CT molecular complexity index is 1220. The number of ether oxygens (including phenoxy) is 6. The van der Waals surface area contributed by atoms with Gasteiger partial charge in [0.25, 0.3) is 0 Å². The summed E-state index contributed by atoms with van der Waals surface area (Å²) in [7, 11) is 0. The molecule has 1 aromatic heterocycles. The lowest BCUT2D eigenvalue weighted by Gasteiger charge is -2.43. The van der Waals surface area contributed by atoms with Crippen molar-refractivity contribution in [3.63, 3.8) is 0 Å².